The summed E-state index contributed by atoms with van der Waals surface area (Å²) in [5.74, 6) is 0.407. The van der Waals surface area contributed by atoms with E-state index in [0.29, 0.717) is 5.84 Å². The van der Waals surface area contributed by atoms with Gasteiger partial charge < -0.3 is 10.8 Å². The zero-order valence-electron chi connectivity index (χ0n) is 10.9. The van der Waals surface area contributed by atoms with E-state index in [9.17, 15) is 5.11 Å². The maximum Gasteiger partial charge on any atom is 0.135 e. The number of allylic oxidation sites excluding steroid dienone is 4. The Balaban J connectivity index is 2.11. The number of phenols is 1. The van der Waals surface area contributed by atoms with E-state index < -0.39 is 0 Å². The number of benzene rings is 1. The predicted octanol–water partition coefficient (Wildman–Crippen LogP) is 2.91. The van der Waals surface area contributed by atoms with Crippen LogP contribution in [0.4, 0.5) is 0 Å². The maximum absolute atomic E-state index is 9.46. The monoisotopic (exact) mass is 268 g/mol. The average Bonchev–Trinajstić information content (AvgIpc) is 2.65. The fourth-order valence-corrected chi connectivity index (χ4v) is 1.99. The molecule has 2 rings (SSSR count). The zero-order valence-corrected chi connectivity index (χ0v) is 10.9. The van der Waals surface area contributed by atoms with E-state index in [1.807, 2.05) is 42.5 Å². The van der Waals surface area contributed by atoms with Crippen molar-refractivity contribution in [2.75, 3.05) is 0 Å². The van der Waals surface area contributed by atoms with Crippen LogP contribution in [0.2, 0.25) is 0 Å². The Bertz CT molecular complexity index is 614. The van der Waals surface area contributed by atoms with Crippen molar-refractivity contribution < 1.29 is 5.11 Å². The van der Waals surface area contributed by atoms with Gasteiger partial charge in [0.1, 0.15) is 11.6 Å². The number of nitrogens with two attached hydrogens (primary N) is 1. The molecule has 1 aromatic carbocycles. The van der Waals surface area contributed by atoms with Crippen LogP contribution in [0.5, 0.6) is 5.75 Å². The minimum atomic E-state index is -0.151. The summed E-state index contributed by atoms with van der Waals surface area (Å²) >= 11 is 0. The lowest BCUT2D eigenvalue weighted by Crippen LogP contribution is -2.19. The number of hydrogen-bond acceptors (Lipinski definition) is 3. The summed E-state index contributed by atoms with van der Waals surface area (Å²) in [5.41, 5.74) is 14.6. The molecule has 0 radical (unpaired) electrons. The molecule has 0 bridgehead atoms. The van der Waals surface area contributed by atoms with Gasteiger partial charge in [-0.1, -0.05) is 47.7 Å². The summed E-state index contributed by atoms with van der Waals surface area (Å²) in [6.07, 6.45) is 10.4. The van der Waals surface area contributed by atoms with Crippen LogP contribution in [0.1, 0.15) is 5.56 Å². The van der Waals surface area contributed by atoms with Crippen LogP contribution in [0, 0.1) is 11.4 Å². The molecule has 1 aromatic rings. The molecule has 1 aliphatic carbocycles. The zero-order chi connectivity index (χ0) is 14.4. The molecule has 0 fully saturated rings. The average molecular weight is 268 g/mol. The van der Waals surface area contributed by atoms with Gasteiger partial charge >= 0.3 is 0 Å². The molecule has 1 unspecified atom stereocenters. The second-order valence-corrected chi connectivity index (χ2v) is 4.48. The highest BCUT2D eigenvalue weighted by Gasteiger charge is 2.08. The molecular formula is C15H16N4O. The summed E-state index contributed by atoms with van der Waals surface area (Å²) in [6.45, 7) is 0. The molecule has 20 heavy (non-hydrogen) atoms. The number of phenolic OH excluding ortho intramolecular Hbond substituents is 1. The van der Waals surface area contributed by atoms with E-state index in [2.05, 4.69) is 10.3 Å². The van der Waals surface area contributed by atoms with Crippen LogP contribution in [0.25, 0.3) is 0 Å². The summed E-state index contributed by atoms with van der Waals surface area (Å²) < 4.78 is 0. The molecule has 0 saturated heterocycles. The third-order valence-electron chi connectivity index (χ3n) is 2.97. The van der Waals surface area contributed by atoms with Gasteiger partial charge in [0.15, 0.2) is 0 Å². The molecular weight excluding hydrogens is 252 g/mol. The van der Waals surface area contributed by atoms with Crippen molar-refractivity contribution in [1.29, 1.82) is 5.53 Å². The highest BCUT2D eigenvalue weighted by atomic mass is 16.3. The number of nitrogens with zero attached hydrogens (tertiary/aromatic N) is 2. The summed E-state index contributed by atoms with van der Waals surface area (Å²) in [6, 6.07) is 7.19. The van der Waals surface area contributed by atoms with Crippen LogP contribution in [0.15, 0.2) is 70.5 Å². The Kier molecular flexibility index (Phi) is 4.44. The Morgan fingerprint density at radius 2 is 2.20 bits per heavy atom. The highest BCUT2D eigenvalue weighted by molar-refractivity contribution is 5.86. The Morgan fingerprint density at radius 1 is 1.35 bits per heavy atom. The summed E-state index contributed by atoms with van der Waals surface area (Å²) in [5, 5.41) is 15.9. The van der Waals surface area contributed by atoms with Gasteiger partial charge in [-0.15, -0.1) is 5.10 Å². The molecule has 1 atom stereocenters. The minimum Gasteiger partial charge on any atom is -0.508 e. The molecule has 5 heteroatoms. The Labute approximate surface area is 117 Å². The summed E-state index contributed by atoms with van der Waals surface area (Å²) in [4.78, 5) is 0. The number of aromatic hydroxyl groups is 1. The second kappa shape index (κ2) is 6.47. The normalized spacial score (nSPS) is 18.5. The van der Waals surface area contributed by atoms with Crippen molar-refractivity contribution in [2.24, 2.45) is 22.0 Å². The van der Waals surface area contributed by atoms with E-state index in [1.165, 1.54) is 0 Å². The number of hydrogen-bond donors (Lipinski definition) is 3. The van der Waals surface area contributed by atoms with Crippen LogP contribution in [-0.2, 0) is 6.42 Å². The topological polar surface area (TPSA) is 94.8 Å². The largest absolute Gasteiger partial charge is 0.508 e. The van der Waals surface area contributed by atoms with Gasteiger partial charge in [0.2, 0.25) is 0 Å². The standard InChI is InChI=1S/C15H16N4O/c16-15(18-19-17)13-5-1-3-11(7-8-13)9-12-4-2-6-14(20)10-12/h1-8,10,13,20H,9H2,(H3,16,17,18). The lowest BCUT2D eigenvalue weighted by Gasteiger charge is -2.04. The van der Waals surface area contributed by atoms with Crippen molar-refractivity contribution in [3.8, 4) is 5.75 Å². The molecule has 0 amide bonds. The maximum atomic E-state index is 9.46. The van der Waals surface area contributed by atoms with Crippen LogP contribution in [0.3, 0.4) is 0 Å². The summed E-state index contributed by atoms with van der Waals surface area (Å²) in [7, 11) is 0. The van der Waals surface area contributed by atoms with Crippen molar-refractivity contribution >= 4 is 5.84 Å². The fourth-order valence-electron chi connectivity index (χ4n) is 1.99. The first-order valence-electron chi connectivity index (χ1n) is 6.22. The minimum absolute atomic E-state index is 0.151. The van der Waals surface area contributed by atoms with Crippen LogP contribution in [-0.4, -0.2) is 10.9 Å². The Hall–Kier alpha value is -2.69. The second-order valence-electron chi connectivity index (χ2n) is 4.48. The van der Waals surface area contributed by atoms with Gasteiger partial charge in [0, 0.05) is 0 Å². The molecule has 102 valence electrons. The Morgan fingerprint density at radius 3 is 2.95 bits per heavy atom. The fraction of sp³-hybridized carbons (Fsp3) is 0.133. The van der Waals surface area contributed by atoms with Crippen molar-refractivity contribution in [1.82, 2.24) is 0 Å². The van der Waals surface area contributed by atoms with Crippen LogP contribution >= 0.6 is 0 Å². The van der Waals surface area contributed by atoms with Gasteiger partial charge in [-0.05, 0) is 29.7 Å². The third-order valence-corrected chi connectivity index (χ3v) is 2.97. The van der Waals surface area contributed by atoms with Gasteiger partial charge in [-0.25, -0.2) is 0 Å². The van der Waals surface area contributed by atoms with Crippen molar-refractivity contribution in [2.45, 2.75) is 6.42 Å². The van der Waals surface area contributed by atoms with E-state index in [-0.39, 0.29) is 11.7 Å². The number of rotatable bonds is 4. The molecule has 1 aliphatic rings. The third kappa shape index (κ3) is 3.65. The lowest BCUT2D eigenvalue weighted by atomic mass is 10.0. The molecule has 5 nitrogen and oxygen atoms in total. The molecule has 0 spiro atoms. The molecule has 0 aromatic heterocycles. The van der Waals surface area contributed by atoms with E-state index in [0.717, 1.165) is 17.6 Å². The molecule has 4 N–H and O–H groups in total. The number of nitrogens with one attached hydrogen (secondary N) is 1. The number of amidine groups is 1. The molecule has 0 aliphatic heterocycles. The first kappa shape index (κ1) is 13.7. The van der Waals surface area contributed by atoms with Crippen molar-refractivity contribution in [3.63, 3.8) is 0 Å². The van der Waals surface area contributed by atoms with E-state index in [4.69, 9.17) is 11.3 Å². The SMILES string of the molecule is N=NN=C(N)C1C=CC=C(Cc2cccc(O)c2)C=C1. The van der Waals surface area contributed by atoms with Crippen LogP contribution < -0.4 is 5.73 Å². The van der Waals surface area contributed by atoms with Crippen molar-refractivity contribution in [3.05, 3.63) is 65.8 Å². The van der Waals surface area contributed by atoms with Gasteiger partial charge in [-0.3, -0.25) is 0 Å². The predicted molar refractivity (Wildman–Crippen MR) is 78.4 cm³/mol. The van der Waals surface area contributed by atoms with Gasteiger partial charge in [-0.2, -0.15) is 5.53 Å². The first-order chi connectivity index (χ1) is 9.69. The smallest absolute Gasteiger partial charge is 0.135 e. The quantitative estimate of drug-likeness (QED) is 0.339. The highest BCUT2D eigenvalue weighted by Crippen LogP contribution is 2.18. The lowest BCUT2D eigenvalue weighted by molar-refractivity contribution is 0.474. The van der Waals surface area contributed by atoms with E-state index >= 15 is 0 Å². The van der Waals surface area contributed by atoms with Gasteiger partial charge in [0.25, 0.3) is 0 Å². The first-order valence-corrected chi connectivity index (χ1v) is 6.22. The molecule has 0 heterocycles. The van der Waals surface area contributed by atoms with Gasteiger partial charge in [0.05, 0.1) is 5.92 Å². The van der Waals surface area contributed by atoms with E-state index in [1.54, 1.807) is 12.1 Å². The molecule has 0 saturated carbocycles.